The van der Waals surface area contributed by atoms with Crippen LogP contribution in [-0.4, -0.2) is 35.5 Å². The molecule has 1 aliphatic heterocycles. The zero-order valence-electron chi connectivity index (χ0n) is 14.5. The molecular formula is C19H21ClN5+. The van der Waals surface area contributed by atoms with Crippen molar-refractivity contribution in [3.8, 4) is 0 Å². The first-order valence-electron chi connectivity index (χ1n) is 8.14. The smallest absolute Gasteiger partial charge is 0.171 e. The van der Waals surface area contributed by atoms with E-state index in [4.69, 9.17) is 17.3 Å². The summed E-state index contributed by atoms with van der Waals surface area (Å²) in [4.78, 5) is 16.4. The van der Waals surface area contributed by atoms with Crippen molar-refractivity contribution >= 4 is 40.6 Å². The molecule has 25 heavy (non-hydrogen) atoms. The Morgan fingerprint density at radius 1 is 1.32 bits per heavy atom. The lowest BCUT2D eigenvalue weighted by atomic mass is 9.85. The van der Waals surface area contributed by atoms with Gasteiger partial charge in [-0.05, 0) is 38.1 Å². The number of nitrogens with two attached hydrogens (primary N) is 1. The van der Waals surface area contributed by atoms with Crippen LogP contribution in [0.25, 0.3) is 16.6 Å². The van der Waals surface area contributed by atoms with Gasteiger partial charge in [0.25, 0.3) is 0 Å². The van der Waals surface area contributed by atoms with Crippen LogP contribution < -0.4 is 10.7 Å². The highest BCUT2D eigenvalue weighted by atomic mass is 35.5. The van der Waals surface area contributed by atoms with Gasteiger partial charge in [-0.3, -0.25) is 15.0 Å². The maximum Gasteiger partial charge on any atom is 0.171 e. The fraction of sp³-hybridized carbons (Fsp3) is 0.263. The van der Waals surface area contributed by atoms with Crippen LogP contribution in [0.2, 0.25) is 5.15 Å². The molecule has 0 aliphatic carbocycles. The molecule has 3 rings (SSSR count). The van der Waals surface area contributed by atoms with E-state index in [0.717, 1.165) is 27.9 Å². The second kappa shape index (κ2) is 7.15. The van der Waals surface area contributed by atoms with Crippen LogP contribution in [-0.2, 0) is 0 Å². The summed E-state index contributed by atoms with van der Waals surface area (Å²) >= 11 is 6.02. The molecule has 0 amide bonds. The largest absolute Gasteiger partial charge is 0.401 e. The number of aliphatic imine (C=N–C) groups is 1. The Hall–Kier alpha value is -2.53. The fourth-order valence-corrected chi connectivity index (χ4v) is 3.30. The standard InChI is InChI=1S/C19H20ClN5/c1-11-6-7-23-12(2)18(11)19(21)14(10-22-3)13-8-16-15(24-9-13)4-5-17(20)25-16/h4-10,12,18H,21H2,1-3H3/p+1. The molecule has 0 saturated heterocycles. The number of nitrogens with zero attached hydrogens (tertiary/aromatic N) is 3. The molecule has 2 aromatic rings. The lowest BCUT2D eigenvalue weighted by Crippen LogP contribution is -2.63. The van der Waals surface area contributed by atoms with Gasteiger partial charge in [-0.1, -0.05) is 17.2 Å². The molecule has 2 unspecified atom stereocenters. The van der Waals surface area contributed by atoms with Crippen LogP contribution in [0.3, 0.4) is 0 Å². The van der Waals surface area contributed by atoms with Crippen molar-refractivity contribution in [3.63, 3.8) is 0 Å². The highest BCUT2D eigenvalue weighted by molar-refractivity contribution is 6.29. The molecule has 0 spiro atoms. The van der Waals surface area contributed by atoms with Crippen LogP contribution in [0, 0.1) is 5.92 Å². The average Bonchev–Trinajstić information content (AvgIpc) is 2.58. The highest BCUT2D eigenvalue weighted by Gasteiger charge is 2.26. The normalized spacial score (nSPS) is 21.5. The van der Waals surface area contributed by atoms with Gasteiger partial charge in [0, 0.05) is 29.6 Å². The number of fused-ring (bicyclic) bond motifs is 1. The van der Waals surface area contributed by atoms with Gasteiger partial charge in [0.2, 0.25) is 0 Å². The Balaban J connectivity index is 2.15. The number of hydrogen-bond donors (Lipinski definition) is 2. The summed E-state index contributed by atoms with van der Waals surface area (Å²) in [7, 11) is 1.85. The van der Waals surface area contributed by atoms with Gasteiger partial charge in [0.1, 0.15) is 12.2 Å². The molecule has 0 saturated carbocycles. The number of allylic oxidation sites excluding steroid dienone is 2. The molecule has 1 aliphatic rings. The molecule has 5 nitrogen and oxygen atoms in total. The van der Waals surface area contributed by atoms with Crippen molar-refractivity contribution in [3.05, 3.63) is 52.5 Å². The van der Waals surface area contributed by atoms with E-state index in [1.165, 1.54) is 5.57 Å². The average molecular weight is 355 g/mol. The number of rotatable bonds is 3. The lowest BCUT2D eigenvalue weighted by molar-refractivity contribution is -0.412. The first kappa shape index (κ1) is 17.3. The van der Waals surface area contributed by atoms with Gasteiger partial charge in [-0.15, -0.1) is 0 Å². The lowest BCUT2D eigenvalue weighted by Gasteiger charge is -2.26. The zero-order valence-corrected chi connectivity index (χ0v) is 15.2. The van der Waals surface area contributed by atoms with Crippen molar-refractivity contribution in [2.75, 3.05) is 7.05 Å². The predicted octanol–water partition coefficient (Wildman–Crippen LogP) is 1.77. The number of hydrogen-bond acceptors (Lipinski definition) is 4. The number of pyridine rings is 2. The molecule has 2 atom stereocenters. The third-order valence-corrected chi connectivity index (χ3v) is 4.59. The van der Waals surface area contributed by atoms with Crippen molar-refractivity contribution in [1.29, 1.82) is 0 Å². The highest BCUT2D eigenvalue weighted by Crippen LogP contribution is 2.30. The summed E-state index contributed by atoms with van der Waals surface area (Å²) in [6.07, 6.45) is 7.55. The quantitative estimate of drug-likeness (QED) is 0.651. The third kappa shape index (κ3) is 3.46. The third-order valence-electron chi connectivity index (χ3n) is 4.38. The van der Waals surface area contributed by atoms with E-state index in [1.807, 2.05) is 43.9 Å². The molecule has 6 heteroatoms. The van der Waals surface area contributed by atoms with E-state index < -0.39 is 0 Å². The van der Waals surface area contributed by atoms with Gasteiger partial charge in [-0.2, -0.15) is 0 Å². The molecule has 3 N–H and O–H groups in total. The first-order valence-corrected chi connectivity index (χ1v) is 8.52. The molecule has 0 radical (unpaired) electrons. The van der Waals surface area contributed by atoms with Crippen LogP contribution in [0.5, 0.6) is 0 Å². The molecular weight excluding hydrogens is 334 g/mol. The zero-order chi connectivity index (χ0) is 18.0. The number of halogens is 1. The molecule has 0 bridgehead atoms. The van der Waals surface area contributed by atoms with Gasteiger partial charge in [0.15, 0.2) is 6.21 Å². The summed E-state index contributed by atoms with van der Waals surface area (Å²) in [6, 6.07) is 5.64. The van der Waals surface area contributed by atoms with Crippen molar-refractivity contribution < 1.29 is 4.99 Å². The van der Waals surface area contributed by atoms with Crippen molar-refractivity contribution in [2.24, 2.45) is 16.6 Å². The summed E-state index contributed by atoms with van der Waals surface area (Å²) in [5, 5.41) is 0.441. The summed E-state index contributed by atoms with van der Waals surface area (Å²) in [5.41, 5.74) is 11.8. The summed E-state index contributed by atoms with van der Waals surface area (Å²) < 4.78 is 0. The Bertz CT molecular complexity index is 927. The number of nitrogens with one attached hydrogen (secondary N) is 1. The van der Waals surface area contributed by atoms with Crippen molar-refractivity contribution in [1.82, 2.24) is 9.97 Å². The molecule has 0 fully saturated rings. The molecule has 2 aromatic heterocycles. The minimum atomic E-state index is 0.0487. The Labute approximate surface area is 152 Å². The topological polar surface area (TPSA) is 78.1 Å². The fourth-order valence-electron chi connectivity index (χ4n) is 3.15. The second-order valence-corrected chi connectivity index (χ2v) is 6.51. The van der Waals surface area contributed by atoms with Crippen LogP contribution in [0.4, 0.5) is 0 Å². The van der Waals surface area contributed by atoms with E-state index in [9.17, 15) is 0 Å². The van der Waals surface area contributed by atoms with E-state index in [1.54, 1.807) is 6.07 Å². The maximum absolute atomic E-state index is 6.58. The summed E-state index contributed by atoms with van der Waals surface area (Å²) in [6.45, 7) is 4.15. The van der Waals surface area contributed by atoms with E-state index in [2.05, 4.69) is 33.8 Å². The van der Waals surface area contributed by atoms with Gasteiger partial charge >= 0.3 is 0 Å². The van der Waals surface area contributed by atoms with Gasteiger partial charge < -0.3 is 5.73 Å². The van der Waals surface area contributed by atoms with E-state index in [0.29, 0.717) is 5.15 Å². The van der Waals surface area contributed by atoms with E-state index in [-0.39, 0.29) is 12.0 Å². The van der Waals surface area contributed by atoms with Crippen molar-refractivity contribution in [2.45, 2.75) is 19.9 Å². The maximum atomic E-state index is 6.58. The Morgan fingerprint density at radius 2 is 2.12 bits per heavy atom. The first-order chi connectivity index (χ1) is 12.0. The molecule has 3 heterocycles. The predicted molar refractivity (Wildman–Crippen MR) is 104 cm³/mol. The minimum absolute atomic E-state index is 0.0487. The monoisotopic (exact) mass is 354 g/mol. The number of aromatic nitrogens is 2. The molecule has 0 aromatic carbocycles. The van der Waals surface area contributed by atoms with E-state index >= 15 is 0 Å². The Kier molecular flexibility index (Phi) is 4.95. The second-order valence-electron chi connectivity index (χ2n) is 6.13. The van der Waals surface area contributed by atoms with Gasteiger partial charge in [-0.25, -0.2) is 4.98 Å². The SMILES string of the molecule is C[NH+]=CC(=C(N)C1C(C)=CC=NC1C)c1cnc2ccc(Cl)nc2c1. The van der Waals surface area contributed by atoms with Crippen LogP contribution in [0.1, 0.15) is 19.4 Å². The summed E-state index contributed by atoms with van der Waals surface area (Å²) in [5.74, 6) is 0.0487. The van der Waals surface area contributed by atoms with Crippen LogP contribution in [0.15, 0.2) is 46.7 Å². The number of dihydropyridines is 1. The van der Waals surface area contributed by atoms with Gasteiger partial charge in [0.05, 0.1) is 22.6 Å². The Morgan fingerprint density at radius 3 is 2.84 bits per heavy atom. The molecule has 128 valence electrons. The van der Waals surface area contributed by atoms with Crippen LogP contribution >= 0.6 is 11.6 Å². The minimum Gasteiger partial charge on any atom is -0.401 e.